The smallest absolute Gasteiger partial charge is 0.121 e. The van der Waals surface area contributed by atoms with E-state index in [1.54, 1.807) is 30.4 Å². The first-order valence-electron chi connectivity index (χ1n) is 5.98. The lowest BCUT2D eigenvalue weighted by molar-refractivity contribution is 0.665. The van der Waals surface area contributed by atoms with Crippen LogP contribution in [0, 0.1) is 0 Å². The van der Waals surface area contributed by atoms with Gasteiger partial charge < -0.3 is 5.32 Å². The highest BCUT2D eigenvalue weighted by molar-refractivity contribution is 7.99. The predicted octanol–water partition coefficient (Wildman–Crippen LogP) is 2.52. The Bertz CT molecular complexity index is 475. The SMILES string of the molecule is CCCNCc1cccnc1Sc1cnccn1. The molecular weight excluding hydrogens is 244 g/mol. The third kappa shape index (κ3) is 3.78. The molecule has 2 aromatic rings. The van der Waals surface area contributed by atoms with Gasteiger partial charge in [0.15, 0.2) is 0 Å². The molecule has 0 amide bonds. The Kier molecular flexibility index (Phi) is 5.11. The summed E-state index contributed by atoms with van der Waals surface area (Å²) >= 11 is 1.55. The van der Waals surface area contributed by atoms with E-state index < -0.39 is 0 Å². The van der Waals surface area contributed by atoms with E-state index in [0.29, 0.717) is 0 Å². The molecule has 0 spiro atoms. The molecule has 4 nitrogen and oxygen atoms in total. The summed E-state index contributed by atoms with van der Waals surface area (Å²) in [7, 11) is 0. The molecule has 0 bridgehead atoms. The first-order chi connectivity index (χ1) is 8.90. The van der Waals surface area contributed by atoms with Gasteiger partial charge >= 0.3 is 0 Å². The lowest BCUT2D eigenvalue weighted by Crippen LogP contribution is -2.14. The predicted molar refractivity (Wildman–Crippen MR) is 72.4 cm³/mol. The molecule has 0 aliphatic rings. The number of nitrogens with zero attached hydrogens (tertiary/aromatic N) is 3. The normalized spacial score (nSPS) is 10.5. The van der Waals surface area contributed by atoms with Crippen molar-refractivity contribution in [2.45, 2.75) is 29.9 Å². The van der Waals surface area contributed by atoms with Crippen molar-refractivity contribution >= 4 is 11.8 Å². The van der Waals surface area contributed by atoms with Gasteiger partial charge in [-0.3, -0.25) is 4.98 Å². The van der Waals surface area contributed by atoms with Crippen LogP contribution in [0.3, 0.4) is 0 Å². The van der Waals surface area contributed by atoms with Crippen LogP contribution < -0.4 is 5.32 Å². The van der Waals surface area contributed by atoms with Gasteiger partial charge in [-0.15, -0.1) is 0 Å². The van der Waals surface area contributed by atoms with Gasteiger partial charge in [-0.1, -0.05) is 13.0 Å². The molecule has 0 aliphatic heterocycles. The largest absolute Gasteiger partial charge is 0.313 e. The third-order valence-electron chi connectivity index (χ3n) is 2.33. The van der Waals surface area contributed by atoms with E-state index in [2.05, 4.69) is 33.3 Å². The Hall–Kier alpha value is -1.46. The molecule has 0 atom stereocenters. The first-order valence-corrected chi connectivity index (χ1v) is 6.80. The summed E-state index contributed by atoms with van der Waals surface area (Å²) in [6.07, 6.45) is 8.06. The van der Waals surface area contributed by atoms with Crippen LogP contribution in [-0.2, 0) is 6.54 Å². The topological polar surface area (TPSA) is 50.7 Å². The summed E-state index contributed by atoms with van der Waals surface area (Å²) in [5.74, 6) is 0. The van der Waals surface area contributed by atoms with Crippen LogP contribution in [0.15, 0.2) is 47.0 Å². The Balaban J connectivity index is 2.07. The number of pyridine rings is 1. The van der Waals surface area contributed by atoms with Crippen LogP contribution in [0.1, 0.15) is 18.9 Å². The molecular formula is C13H16N4S. The van der Waals surface area contributed by atoms with Crippen molar-refractivity contribution in [1.82, 2.24) is 20.3 Å². The summed E-state index contributed by atoms with van der Waals surface area (Å²) in [6.45, 7) is 4.01. The summed E-state index contributed by atoms with van der Waals surface area (Å²) in [5.41, 5.74) is 1.20. The van der Waals surface area contributed by atoms with Crippen LogP contribution in [0.2, 0.25) is 0 Å². The highest BCUT2D eigenvalue weighted by Crippen LogP contribution is 2.26. The van der Waals surface area contributed by atoms with E-state index in [1.165, 1.54) is 5.56 Å². The maximum Gasteiger partial charge on any atom is 0.121 e. The maximum atomic E-state index is 4.41. The van der Waals surface area contributed by atoms with Crippen LogP contribution in [0.4, 0.5) is 0 Å². The molecule has 18 heavy (non-hydrogen) atoms. The third-order valence-corrected chi connectivity index (χ3v) is 3.31. The zero-order valence-corrected chi connectivity index (χ0v) is 11.2. The Morgan fingerprint density at radius 3 is 2.94 bits per heavy atom. The van der Waals surface area contributed by atoms with Gasteiger partial charge in [0.05, 0.1) is 6.20 Å². The van der Waals surface area contributed by atoms with Gasteiger partial charge in [-0.25, -0.2) is 9.97 Å². The molecule has 0 radical (unpaired) electrons. The van der Waals surface area contributed by atoms with Crippen LogP contribution >= 0.6 is 11.8 Å². The Morgan fingerprint density at radius 1 is 1.22 bits per heavy atom. The molecule has 94 valence electrons. The molecule has 0 saturated carbocycles. The molecule has 2 heterocycles. The van der Waals surface area contributed by atoms with Crippen molar-refractivity contribution < 1.29 is 0 Å². The zero-order chi connectivity index (χ0) is 12.6. The van der Waals surface area contributed by atoms with E-state index in [-0.39, 0.29) is 0 Å². The molecule has 2 rings (SSSR count). The van der Waals surface area contributed by atoms with Crippen LogP contribution in [0.25, 0.3) is 0 Å². The van der Waals surface area contributed by atoms with Crippen molar-refractivity contribution in [1.29, 1.82) is 0 Å². The molecule has 0 fully saturated rings. The minimum atomic E-state index is 0.838. The van der Waals surface area contributed by atoms with Crippen molar-refractivity contribution in [2.75, 3.05) is 6.54 Å². The standard InChI is InChI=1S/C13H16N4S/c1-2-5-14-9-11-4-3-6-17-13(11)18-12-10-15-7-8-16-12/h3-4,6-8,10,14H,2,5,9H2,1H3. The molecule has 0 unspecified atom stereocenters. The van der Waals surface area contributed by atoms with Gasteiger partial charge in [0.1, 0.15) is 10.1 Å². The van der Waals surface area contributed by atoms with Crippen molar-refractivity contribution in [3.8, 4) is 0 Å². The monoisotopic (exact) mass is 260 g/mol. The first kappa shape index (κ1) is 13.0. The second-order valence-corrected chi connectivity index (χ2v) is 4.80. The lowest BCUT2D eigenvalue weighted by atomic mass is 10.3. The average Bonchev–Trinajstić information content (AvgIpc) is 2.42. The van der Waals surface area contributed by atoms with Crippen molar-refractivity contribution in [3.05, 3.63) is 42.5 Å². The highest BCUT2D eigenvalue weighted by atomic mass is 32.2. The fourth-order valence-corrected chi connectivity index (χ4v) is 2.30. The number of rotatable bonds is 6. The number of hydrogen-bond donors (Lipinski definition) is 1. The minimum absolute atomic E-state index is 0.838. The molecule has 2 aromatic heterocycles. The van der Waals surface area contributed by atoms with E-state index in [0.717, 1.165) is 29.6 Å². The van der Waals surface area contributed by atoms with Gasteiger partial charge in [0.25, 0.3) is 0 Å². The minimum Gasteiger partial charge on any atom is -0.313 e. The Morgan fingerprint density at radius 2 is 2.17 bits per heavy atom. The zero-order valence-electron chi connectivity index (χ0n) is 10.3. The Labute approximate surface area is 111 Å². The van der Waals surface area contributed by atoms with Gasteiger partial charge in [0.2, 0.25) is 0 Å². The van der Waals surface area contributed by atoms with Crippen molar-refractivity contribution in [3.63, 3.8) is 0 Å². The molecule has 0 aromatic carbocycles. The van der Waals surface area contributed by atoms with E-state index in [4.69, 9.17) is 0 Å². The lowest BCUT2D eigenvalue weighted by Gasteiger charge is -2.08. The molecule has 5 heteroatoms. The quantitative estimate of drug-likeness (QED) is 0.809. The van der Waals surface area contributed by atoms with Gasteiger partial charge in [0, 0.05) is 25.1 Å². The second-order valence-electron chi connectivity index (χ2n) is 3.79. The van der Waals surface area contributed by atoms with Crippen LogP contribution in [-0.4, -0.2) is 21.5 Å². The fourth-order valence-electron chi connectivity index (χ4n) is 1.49. The number of aromatic nitrogens is 3. The van der Waals surface area contributed by atoms with Crippen molar-refractivity contribution in [2.24, 2.45) is 0 Å². The second kappa shape index (κ2) is 7.08. The average molecular weight is 260 g/mol. The summed E-state index contributed by atoms with van der Waals surface area (Å²) in [6, 6.07) is 4.05. The highest BCUT2D eigenvalue weighted by Gasteiger charge is 2.05. The summed E-state index contributed by atoms with van der Waals surface area (Å²) in [5, 5.41) is 5.24. The summed E-state index contributed by atoms with van der Waals surface area (Å²) in [4.78, 5) is 12.7. The van der Waals surface area contributed by atoms with Gasteiger partial charge in [-0.2, -0.15) is 0 Å². The molecule has 0 saturated heterocycles. The summed E-state index contributed by atoms with van der Waals surface area (Å²) < 4.78 is 0. The number of hydrogen-bond acceptors (Lipinski definition) is 5. The van der Waals surface area contributed by atoms with Crippen LogP contribution in [0.5, 0.6) is 0 Å². The van der Waals surface area contributed by atoms with E-state index in [9.17, 15) is 0 Å². The molecule has 1 N–H and O–H groups in total. The van der Waals surface area contributed by atoms with Gasteiger partial charge in [-0.05, 0) is 36.4 Å². The van der Waals surface area contributed by atoms with E-state index in [1.807, 2.05) is 12.3 Å². The maximum absolute atomic E-state index is 4.41. The fraction of sp³-hybridized carbons (Fsp3) is 0.308. The van der Waals surface area contributed by atoms with E-state index >= 15 is 0 Å². The molecule has 0 aliphatic carbocycles. The number of nitrogens with one attached hydrogen (secondary N) is 1.